The monoisotopic (exact) mass is 405 g/mol. The van der Waals surface area contributed by atoms with Crippen molar-refractivity contribution in [3.8, 4) is 0 Å². The van der Waals surface area contributed by atoms with Gasteiger partial charge >= 0.3 is 5.97 Å². The quantitative estimate of drug-likeness (QED) is 0.438. The van der Waals surface area contributed by atoms with Gasteiger partial charge in [0.25, 0.3) is 6.43 Å². The van der Waals surface area contributed by atoms with Gasteiger partial charge in [0.1, 0.15) is 8.30 Å². The molecule has 0 saturated heterocycles. The number of hydrogen-bond acceptors (Lipinski definition) is 3. The van der Waals surface area contributed by atoms with Crippen LogP contribution >= 0.6 is 38.5 Å². The molecule has 0 unspecified atom stereocenters. The van der Waals surface area contributed by atoms with Gasteiger partial charge in [0, 0.05) is 0 Å². The number of pyridine rings is 1. The summed E-state index contributed by atoms with van der Waals surface area (Å²) >= 11 is 4.72. The normalized spacial score (nSPS) is 10.6. The van der Waals surface area contributed by atoms with E-state index < -0.39 is 12.4 Å². The number of nitrogens with zero attached hydrogens (tertiary/aromatic N) is 1. The van der Waals surface area contributed by atoms with Crippen LogP contribution in [0.2, 0.25) is 0 Å². The molecule has 0 bridgehead atoms. The summed E-state index contributed by atoms with van der Waals surface area (Å²) in [4.78, 5) is 15.2. The average Bonchev–Trinajstić information content (AvgIpc) is 2.17. The van der Waals surface area contributed by atoms with Gasteiger partial charge in [0.05, 0.1) is 17.7 Å². The van der Waals surface area contributed by atoms with Crippen LogP contribution < -0.4 is 0 Å². The Bertz CT molecular complexity index is 415. The predicted molar refractivity (Wildman–Crippen MR) is 65.6 cm³/mol. The average molecular weight is 406 g/mol. The summed E-state index contributed by atoms with van der Waals surface area (Å²) in [5, 5.41) is 0. The predicted octanol–water partition coefficient (Wildman–Crippen LogP) is 3.56. The molecule has 0 fully saturated rings. The van der Waals surface area contributed by atoms with Crippen molar-refractivity contribution in [2.75, 3.05) is 6.61 Å². The van der Waals surface area contributed by atoms with Crippen molar-refractivity contribution in [1.82, 2.24) is 4.98 Å². The van der Waals surface area contributed by atoms with Crippen LogP contribution in [-0.2, 0) is 4.74 Å². The molecule has 0 atom stereocenters. The molecule has 1 rings (SSSR count). The second kappa shape index (κ2) is 5.85. The van der Waals surface area contributed by atoms with Crippen molar-refractivity contribution < 1.29 is 18.3 Å². The first-order chi connectivity index (χ1) is 7.47. The summed E-state index contributed by atoms with van der Waals surface area (Å²) in [6.07, 6.45) is -2.69. The summed E-state index contributed by atoms with van der Waals surface area (Å²) in [5.41, 5.74) is -0.260. The molecule has 0 aliphatic heterocycles. The SMILES string of the molecule is CCOC(=O)c1cc(C(F)F)c(Br)nc1I. The molecular weight excluding hydrogens is 399 g/mol. The number of ether oxygens (including phenoxy) is 1. The van der Waals surface area contributed by atoms with Crippen molar-refractivity contribution in [2.24, 2.45) is 0 Å². The first-order valence-electron chi connectivity index (χ1n) is 4.28. The second-order valence-electron chi connectivity index (χ2n) is 2.73. The lowest BCUT2D eigenvalue weighted by molar-refractivity contribution is 0.0524. The minimum Gasteiger partial charge on any atom is -0.462 e. The molecule has 1 aromatic rings. The number of carbonyl (C=O) groups excluding carboxylic acids is 1. The van der Waals surface area contributed by atoms with Crippen molar-refractivity contribution in [1.29, 1.82) is 0 Å². The largest absolute Gasteiger partial charge is 0.462 e. The van der Waals surface area contributed by atoms with Crippen molar-refractivity contribution in [2.45, 2.75) is 13.3 Å². The maximum Gasteiger partial charge on any atom is 0.340 e. The van der Waals surface area contributed by atoms with Crippen molar-refractivity contribution >= 4 is 44.5 Å². The Balaban J connectivity index is 3.19. The number of halogens is 4. The van der Waals surface area contributed by atoms with Crippen LogP contribution in [0.15, 0.2) is 10.7 Å². The van der Waals surface area contributed by atoms with E-state index in [1.165, 1.54) is 0 Å². The Kier molecular flexibility index (Phi) is 5.03. The topological polar surface area (TPSA) is 39.2 Å². The van der Waals surface area contributed by atoms with E-state index in [2.05, 4.69) is 20.9 Å². The molecular formula is C9H7BrF2INO2. The van der Waals surface area contributed by atoms with Crippen LogP contribution in [0.1, 0.15) is 29.3 Å². The highest BCUT2D eigenvalue weighted by Crippen LogP contribution is 2.28. The van der Waals surface area contributed by atoms with Gasteiger partial charge in [-0.05, 0) is 51.5 Å². The fraction of sp³-hybridized carbons (Fsp3) is 0.333. The molecule has 0 saturated carbocycles. The minimum atomic E-state index is -2.69. The zero-order valence-corrected chi connectivity index (χ0v) is 11.9. The van der Waals surface area contributed by atoms with Crippen LogP contribution in [0, 0.1) is 3.70 Å². The Morgan fingerprint density at radius 2 is 2.31 bits per heavy atom. The lowest BCUT2D eigenvalue weighted by Crippen LogP contribution is -2.09. The van der Waals surface area contributed by atoms with E-state index in [0.29, 0.717) is 3.70 Å². The maximum absolute atomic E-state index is 12.6. The second-order valence-corrected chi connectivity index (χ2v) is 4.50. The van der Waals surface area contributed by atoms with E-state index in [9.17, 15) is 13.6 Å². The highest BCUT2D eigenvalue weighted by molar-refractivity contribution is 14.1. The highest BCUT2D eigenvalue weighted by Gasteiger charge is 2.20. The van der Waals surface area contributed by atoms with E-state index in [-0.39, 0.29) is 22.3 Å². The zero-order chi connectivity index (χ0) is 12.3. The van der Waals surface area contributed by atoms with Gasteiger partial charge in [-0.1, -0.05) is 0 Å². The lowest BCUT2D eigenvalue weighted by atomic mass is 10.2. The summed E-state index contributed by atoms with van der Waals surface area (Å²) in [5.74, 6) is -0.645. The first-order valence-corrected chi connectivity index (χ1v) is 6.15. The molecule has 0 aromatic carbocycles. The molecule has 0 amide bonds. The Morgan fingerprint density at radius 3 is 2.81 bits per heavy atom. The van der Waals surface area contributed by atoms with E-state index in [4.69, 9.17) is 4.74 Å². The molecule has 1 aromatic heterocycles. The van der Waals surface area contributed by atoms with E-state index in [1.54, 1.807) is 29.5 Å². The smallest absolute Gasteiger partial charge is 0.340 e. The molecule has 0 N–H and O–H groups in total. The van der Waals surface area contributed by atoms with Crippen LogP contribution in [0.3, 0.4) is 0 Å². The third kappa shape index (κ3) is 3.09. The molecule has 0 aliphatic carbocycles. The number of hydrogen-bond donors (Lipinski definition) is 0. The van der Waals surface area contributed by atoms with Crippen LogP contribution in [0.5, 0.6) is 0 Å². The molecule has 1 heterocycles. The van der Waals surface area contributed by atoms with Gasteiger partial charge in [0.2, 0.25) is 0 Å². The van der Waals surface area contributed by atoms with E-state index in [1.807, 2.05) is 0 Å². The van der Waals surface area contributed by atoms with Crippen LogP contribution in [0.25, 0.3) is 0 Å². The van der Waals surface area contributed by atoms with Gasteiger partial charge in [-0.3, -0.25) is 0 Å². The standard InChI is InChI=1S/C9H7BrF2INO2/c1-2-16-9(15)5-3-4(7(11)12)6(10)14-8(5)13/h3,7H,2H2,1H3. The summed E-state index contributed by atoms with van der Waals surface area (Å²) in [6.45, 7) is 1.83. The van der Waals surface area contributed by atoms with Crippen LogP contribution in [-0.4, -0.2) is 17.6 Å². The summed E-state index contributed by atoms with van der Waals surface area (Å²) in [6, 6.07) is 1.10. The van der Waals surface area contributed by atoms with Crippen LogP contribution in [0.4, 0.5) is 8.78 Å². The molecule has 0 aliphatic rings. The highest BCUT2D eigenvalue weighted by atomic mass is 127. The first kappa shape index (κ1) is 13.8. The third-order valence-corrected chi connectivity index (χ3v) is 3.14. The lowest BCUT2D eigenvalue weighted by Gasteiger charge is -2.08. The van der Waals surface area contributed by atoms with Crippen molar-refractivity contribution in [3.63, 3.8) is 0 Å². The number of alkyl halides is 2. The van der Waals surface area contributed by atoms with Gasteiger partial charge in [-0.25, -0.2) is 18.6 Å². The number of rotatable bonds is 3. The molecule has 3 nitrogen and oxygen atoms in total. The van der Waals surface area contributed by atoms with Gasteiger partial charge in [0.15, 0.2) is 0 Å². The number of carbonyl (C=O) groups is 1. The number of esters is 1. The van der Waals surface area contributed by atoms with Gasteiger partial charge in [-0.15, -0.1) is 0 Å². The summed E-state index contributed by atoms with van der Waals surface area (Å²) < 4.78 is 30.2. The molecule has 0 radical (unpaired) electrons. The van der Waals surface area contributed by atoms with Gasteiger partial charge < -0.3 is 4.74 Å². The van der Waals surface area contributed by atoms with Crippen molar-refractivity contribution in [3.05, 3.63) is 25.5 Å². The fourth-order valence-electron chi connectivity index (χ4n) is 0.991. The minimum absolute atomic E-state index is 0.0416. The van der Waals surface area contributed by atoms with E-state index >= 15 is 0 Å². The fourth-order valence-corrected chi connectivity index (χ4v) is 2.40. The van der Waals surface area contributed by atoms with E-state index in [0.717, 1.165) is 6.07 Å². The Morgan fingerprint density at radius 1 is 1.69 bits per heavy atom. The molecule has 88 valence electrons. The Hall–Kier alpha value is -0.310. The maximum atomic E-state index is 12.6. The Labute approximate surface area is 113 Å². The summed E-state index contributed by atoms with van der Waals surface area (Å²) in [7, 11) is 0. The molecule has 16 heavy (non-hydrogen) atoms. The molecule has 7 heteroatoms. The molecule has 0 spiro atoms. The van der Waals surface area contributed by atoms with Gasteiger partial charge in [-0.2, -0.15) is 0 Å². The zero-order valence-electron chi connectivity index (χ0n) is 8.14. The number of aromatic nitrogens is 1. The third-order valence-electron chi connectivity index (χ3n) is 1.69.